The summed E-state index contributed by atoms with van der Waals surface area (Å²) < 4.78 is 14.6. The first-order chi connectivity index (χ1) is 20.2. The molecule has 9 nitrogen and oxygen atoms in total. The smallest absolute Gasteiger partial charge is 0.333 e. The predicted octanol–water partition coefficient (Wildman–Crippen LogP) is 5.44. The van der Waals surface area contributed by atoms with Crippen LogP contribution in [0.2, 0.25) is 5.02 Å². The highest BCUT2D eigenvalue weighted by molar-refractivity contribution is 9.10. The van der Waals surface area contributed by atoms with Crippen LogP contribution in [0, 0.1) is 0 Å². The summed E-state index contributed by atoms with van der Waals surface area (Å²) >= 11 is 9.59. The summed E-state index contributed by atoms with van der Waals surface area (Å²) in [4.78, 5) is 42.5. The SMILES string of the molecule is COc1ccc(-n2c(C(=O)NCc3ccc(OC(C)C)cc3)c3n(c2=O)CCN(C(=O)c2ccc(Br)c(Cl)c2)C3)cc1. The third-order valence-corrected chi connectivity index (χ3v) is 8.16. The fourth-order valence-corrected chi connectivity index (χ4v) is 5.30. The number of imidazole rings is 1. The number of ether oxygens (including phenoxy) is 2. The van der Waals surface area contributed by atoms with Gasteiger partial charge < -0.3 is 19.7 Å². The van der Waals surface area contributed by atoms with E-state index in [2.05, 4.69) is 21.2 Å². The second kappa shape index (κ2) is 12.5. The van der Waals surface area contributed by atoms with Gasteiger partial charge in [-0.1, -0.05) is 23.7 Å². The minimum Gasteiger partial charge on any atom is -0.497 e. The van der Waals surface area contributed by atoms with Gasteiger partial charge >= 0.3 is 5.69 Å². The Balaban J connectivity index is 1.48. The third kappa shape index (κ3) is 6.10. The first kappa shape index (κ1) is 29.5. The molecule has 1 aliphatic heterocycles. The number of aromatic nitrogens is 2. The second-order valence-electron chi connectivity index (χ2n) is 10.1. The standard InChI is InChI=1S/C31H30BrClN4O5/c1-19(2)42-24-9-4-20(5-10-24)17-34-29(38)28-27-18-35(30(39)21-6-13-25(32)26(33)16-21)14-15-36(27)31(40)37(28)22-7-11-23(41-3)12-8-22/h4-13,16,19H,14-15,17-18H2,1-3H3,(H,34,38). The van der Waals surface area contributed by atoms with Crippen LogP contribution in [0.4, 0.5) is 0 Å². The lowest BCUT2D eigenvalue weighted by atomic mass is 10.1. The van der Waals surface area contributed by atoms with E-state index < -0.39 is 5.91 Å². The van der Waals surface area contributed by atoms with Crippen molar-refractivity contribution in [2.45, 2.75) is 39.6 Å². The molecular formula is C31H30BrClN4O5. The van der Waals surface area contributed by atoms with Crippen LogP contribution in [0.25, 0.3) is 5.69 Å². The van der Waals surface area contributed by atoms with Crippen molar-refractivity contribution in [1.82, 2.24) is 19.4 Å². The number of halogens is 2. The number of amides is 2. The molecule has 2 heterocycles. The van der Waals surface area contributed by atoms with Crippen LogP contribution in [0.15, 0.2) is 76.0 Å². The lowest BCUT2D eigenvalue weighted by molar-refractivity contribution is 0.0706. The quantitative estimate of drug-likeness (QED) is 0.274. The molecule has 0 bridgehead atoms. The van der Waals surface area contributed by atoms with E-state index in [0.29, 0.717) is 38.7 Å². The van der Waals surface area contributed by atoms with Crippen molar-refractivity contribution in [2.75, 3.05) is 13.7 Å². The van der Waals surface area contributed by atoms with E-state index in [0.717, 1.165) is 11.3 Å². The van der Waals surface area contributed by atoms with E-state index in [-0.39, 0.29) is 43.0 Å². The predicted molar refractivity (Wildman–Crippen MR) is 164 cm³/mol. The Labute approximate surface area is 256 Å². The van der Waals surface area contributed by atoms with Crippen molar-refractivity contribution in [3.63, 3.8) is 0 Å². The van der Waals surface area contributed by atoms with E-state index in [1.165, 1.54) is 4.57 Å². The van der Waals surface area contributed by atoms with Gasteiger partial charge in [-0.05, 0) is 89.9 Å². The highest BCUT2D eigenvalue weighted by Crippen LogP contribution is 2.26. The summed E-state index contributed by atoms with van der Waals surface area (Å²) in [6, 6.07) is 19.4. The highest BCUT2D eigenvalue weighted by Gasteiger charge is 2.32. The molecule has 0 aliphatic carbocycles. The van der Waals surface area contributed by atoms with Crippen LogP contribution in [0.5, 0.6) is 11.5 Å². The molecule has 0 saturated carbocycles. The molecule has 0 atom stereocenters. The number of hydrogen-bond acceptors (Lipinski definition) is 5. The maximum absolute atomic E-state index is 13.8. The van der Waals surface area contributed by atoms with Crippen molar-refractivity contribution in [1.29, 1.82) is 0 Å². The Kier molecular flexibility index (Phi) is 8.74. The van der Waals surface area contributed by atoms with E-state index in [4.69, 9.17) is 21.1 Å². The normalized spacial score (nSPS) is 12.7. The molecule has 2 amide bonds. The van der Waals surface area contributed by atoms with Gasteiger partial charge in [-0.15, -0.1) is 0 Å². The van der Waals surface area contributed by atoms with Gasteiger partial charge in [-0.3, -0.25) is 18.7 Å². The second-order valence-corrected chi connectivity index (χ2v) is 11.4. The Bertz CT molecular complexity index is 1680. The molecule has 218 valence electrons. The van der Waals surface area contributed by atoms with E-state index in [1.807, 2.05) is 38.1 Å². The Morgan fingerprint density at radius 1 is 1.00 bits per heavy atom. The summed E-state index contributed by atoms with van der Waals surface area (Å²) in [6.45, 7) is 4.77. The molecule has 0 unspecified atom stereocenters. The van der Waals surface area contributed by atoms with Crippen LogP contribution in [-0.4, -0.2) is 45.6 Å². The molecule has 3 aromatic carbocycles. The van der Waals surface area contributed by atoms with Crippen molar-refractivity contribution >= 4 is 39.3 Å². The minimum absolute atomic E-state index is 0.0541. The van der Waals surface area contributed by atoms with Crippen LogP contribution < -0.4 is 20.5 Å². The minimum atomic E-state index is -0.430. The van der Waals surface area contributed by atoms with Crippen molar-refractivity contribution in [3.05, 3.63) is 109 Å². The molecule has 4 aromatic rings. The molecule has 0 spiro atoms. The zero-order chi connectivity index (χ0) is 30.0. The van der Waals surface area contributed by atoms with Gasteiger partial charge in [-0.2, -0.15) is 0 Å². The molecule has 1 aromatic heterocycles. The third-order valence-electron chi connectivity index (χ3n) is 6.93. The molecule has 0 saturated heterocycles. The number of hydrogen-bond donors (Lipinski definition) is 1. The summed E-state index contributed by atoms with van der Waals surface area (Å²) in [5, 5.41) is 3.38. The zero-order valence-electron chi connectivity index (χ0n) is 23.4. The number of rotatable bonds is 8. The lowest BCUT2D eigenvalue weighted by Gasteiger charge is -2.28. The number of benzene rings is 3. The molecule has 11 heteroatoms. The highest BCUT2D eigenvalue weighted by atomic mass is 79.9. The van der Waals surface area contributed by atoms with Crippen LogP contribution >= 0.6 is 27.5 Å². The maximum Gasteiger partial charge on any atom is 0.333 e. The van der Waals surface area contributed by atoms with Crippen LogP contribution in [0.1, 0.15) is 46.0 Å². The number of fused-ring (bicyclic) bond motifs is 1. The summed E-state index contributed by atoms with van der Waals surface area (Å²) in [5.74, 6) is 0.693. The van der Waals surface area contributed by atoms with E-state index >= 15 is 0 Å². The largest absolute Gasteiger partial charge is 0.497 e. The average molecular weight is 654 g/mol. The molecule has 1 aliphatic rings. The van der Waals surface area contributed by atoms with E-state index in [9.17, 15) is 14.4 Å². The van der Waals surface area contributed by atoms with Crippen LogP contribution in [0.3, 0.4) is 0 Å². The fraction of sp³-hybridized carbons (Fsp3) is 0.258. The summed E-state index contributed by atoms with van der Waals surface area (Å²) in [6.07, 6.45) is 0.0541. The summed E-state index contributed by atoms with van der Waals surface area (Å²) in [5.41, 5.74) is 2.09. The Morgan fingerprint density at radius 2 is 1.69 bits per heavy atom. The van der Waals surface area contributed by atoms with Gasteiger partial charge in [-0.25, -0.2) is 4.79 Å². The number of nitrogens with one attached hydrogen (secondary N) is 1. The number of nitrogens with zero attached hydrogens (tertiary/aromatic N) is 3. The molecule has 42 heavy (non-hydrogen) atoms. The molecule has 0 radical (unpaired) electrons. The van der Waals surface area contributed by atoms with E-state index in [1.54, 1.807) is 59.0 Å². The number of methoxy groups -OCH3 is 1. The maximum atomic E-state index is 13.8. The number of carbonyl (C=O) groups is 2. The summed E-state index contributed by atoms with van der Waals surface area (Å²) in [7, 11) is 1.56. The Morgan fingerprint density at radius 3 is 2.33 bits per heavy atom. The Hall–Kier alpha value is -4.02. The average Bonchev–Trinajstić information content (AvgIpc) is 3.28. The topological polar surface area (TPSA) is 94.8 Å². The lowest BCUT2D eigenvalue weighted by Crippen LogP contribution is -2.41. The van der Waals surface area contributed by atoms with Gasteiger partial charge in [0.15, 0.2) is 0 Å². The van der Waals surface area contributed by atoms with Crippen molar-refractivity contribution < 1.29 is 19.1 Å². The molecular weight excluding hydrogens is 624 g/mol. The van der Waals surface area contributed by atoms with Crippen molar-refractivity contribution in [2.24, 2.45) is 0 Å². The first-order valence-electron chi connectivity index (χ1n) is 13.4. The van der Waals surface area contributed by atoms with Gasteiger partial charge in [0.1, 0.15) is 17.2 Å². The first-order valence-corrected chi connectivity index (χ1v) is 14.6. The van der Waals surface area contributed by atoms with Gasteiger partial charge in [0.05, 0.1) is 36.2 Å². The molecule has 0 fully saturated rings. The number of carbonyl (C=O) groups excluding carboxylic acids is 2. The van der Waals surface area contributed by atoms with Gasteiger partial charge in [0.25, 0.3) is 11.8 Å². The molecule has 1 N–H and O–H groups in total. The fourth-order valence-electron chi connectivity index (χ4n) is 4.87. The van der Waals surface area contributed by atoms with Gasteiger partial charge in [0, 0.05) is 29.7 Å². The zero-order valence-corrected chi connectivity index (χ0v) is 25.7. The van der Waals surface area contributed by atoms with Crippen molar-refractivity contribution in [3.8, 4) is 17.2 Å². The monoisotopic (exact) mass is 652 g/mol. The molecule has 5 rings (SSSR count). The van der Waals surface area contributed by atoms with Gasteiger partial charge in [0.2, 0.25) is 0 Å². The van der Waals surface area contributed by atoms with Crippen LogP contribution in [-0.2, 0) is 19.6 Å².